The number of carbonyl (C=O) groups is 2. The van der Waals surface area contributed by atoms with Crippen LogP contribution in [0.15, 0.2) is 36.9 Å². The van der Waals surface area contributed by atoms with E-state index >= 15 is 0 Å². The molecule has 0 spiro atoms. The molecule has 6 heteroatoms. The average Bonchev–Trinajstić information content (AvgIpc) is 3.16. The number of hydrogen-bond acceptors (Lipinski definition) is 4. The van der Waals surface area contributed by atoms with Gasteiger partial charge in [-0.25, -0.2) is 9.67 Å². The topological polar surface area (TPSA) is 68.1 Å². The molecular weight excluding hydrogens is 304 g/mol. The lowest BCUT2D eigenvalue weighted by atomic mass is 9.90. The van der Waals surface area contributed by atoms with Gasteiger partial charge < -0.3 is 0 Å². The SMILES string of the molecule is CCCCc1ccc(N2C(=O)C(C)(C)C(=O)C2n2cncn2)cc1. The summed E-state index contributed by atoms with van der Waals surface area (Å²) >= 11 is 0. The largest absolute Gasteiger partial charge is 0.294 e. The van der Waals surface area contributed by atoms with E-state index in [0.29, 0.717) is 5.69 Å². The molecule has 1 aromatic carbocycles. The Morgan fingerprint density at radius 2 is 1.88 bits per heavy atom. The van der Waals surface area contributed by atoms with Gasteiger partial charge in [-0.05, 0) is 44.4 Å². The van der Waals surface area contributed by atoms with Gasteiger partial charge in [-0.15, -0.1) is 0 Å². The van der Waals surface area contributed by atoms with E-state index < -0.39 is 11.6 Å². The van der Waals surface area contributed by atoms with Gasteiger partial charge in [-0.1, -0.05) is 25.5 Å². The second-order valence-corrected chi connectivity index (χ2v) is 6.68. The van der Waals surface area contributed by atoms with Crippen LogP contribution >= 0.6 is 0 Å². The molecule has 1 unspecified atom stereocenters. The molecule has 0 N–H and O–H groups in total. The molecule has 0 aliphatic carbocycles. The first-order chi connectivity index (χ1) is 11.5. The quantitative estimate of drug-likeness (QED) is 0.792. The molecule has 1 aliphatic rings. The van der Waals surface area contributed by atoms with Crippen molar-refractivity contribution in [3.8, 4) is 0 Å². The van der Waals surface area contributed by atoms with Gasteiger partial charge in [0.1, 0.15) is 18.1 Å². The summed E-state index contributed by atoms with van der Waals surface area (Å²) < 4.78 is 1.44. The molecule has 1 fully saturated rings. The molecule has 0 saturated carbocycles. The highest BCUT2D eigenvalue weighted by atomic mass is 16.2. The molecule has 1 atom stereocenters. The van der Waals surface area contributed by atoms with Gasteiger partial charge in [0.05, 0.1) is 0 Å². The Labute approximate surface area is 141 Å². The number of aryl methyl sites for hydroxylation is 1. The molecule has 126 valence electrons. The number of unbranched alkanes of at least 4 members (excludes halogenated alkanes) is 1. The van der Waals surface area contributed by atoms with Crippen LogP contribution in [0.25, 0.3) is 0 Å². The predicted molar refractivity (Wildman–Crippen MR) is 90.4 cm³/mol. The van der Waals surface area contributed by atoms with Crippen LogP contribution in [0.4, 0.5) is 5.69 Å². The van der Waals surface area contributed by atoms with Gasteiger partial charge in [-0.3, -0.25) is 14.5 Å². The number of hydrogen-bond donors (Lipinski definition) is 0. The van der Waals surface area contributed by atoms with Crippen molar-refractivity contribution in [2.75, 3.05) is 4.90 Å². The Bertz CT molecular complexity index is 735. The highest BCUT2D eigenvalue weighted by molar-refractivity contribution is 6.21. The Morgan fingerprint density at radius 3 is 2.46 bits per heavy atom. The summed E-state index contributed by atoms with van der Waals surface area (Å²) in [5, 5.41) is 4.07. The Hall–Kier alpha value is -2.50. The van der Waals surface area contributed by atoms with Gasteiger partial charge in [0.2, 0.25) is 5.91 Å². The minimum Gasteiger partial charge on any atom is -0.294 e. The first kappa shape index (κ1) is 16.4. The van der Waals surface area contributed by atoms with Crippen molar-refractivity contribution < 1.29 is 9.59 Å². The molecular formula is C18H22N4O2. The van der Waals surface area contributed by atoms with Crippen LogP contribution in [0.5, 0.6) is 0 Å². The lowest BCUT2D eigenvalue weighted by Gasteiger charge is -2.23. The summed E-state index contributed by atoms with van der Waals surface area (Å²) in [5.41, 5.74) is 0.868. The normalized spacial score (nSPS) is 20.0. The van der Waals surface area contributed by atoms with Crippen LogP contribution in [0.1, 0.15) is 45.3 Å². The maximum Gasteiger partial charge on any atom is 0.242 e. The molecule has 24 heavy (non-hydrogen) atoms. The van der Waals surface area contributed by atoms with E-state index in [4.69, 9.17) is 0 Å². The van der Waals surface area contributed by atoms with E-state index in [-0.39, 0.29) is 11.7 Å². The number of carbonyl (C=O) groups excluding carboxylic acids is 2. The predicted octanol–water partition coefficient (Wildman–Crippen LogP) is 2.76. The third-order valence-electron chi connectivity index (χ3n) is 4.57. The van der Waals surface area contributed by atoms with Crippen LogP contribution in [-0.4, -0.2) is 26.5 Å². The number of nitrogens with zero attached hydrogens (tertiary/aromatic N) is 4. The number of ketones is 1. The zero-order valence-electron chi connectivity index (χ0n) is 14.3. The fourth-order valence-corrected chi connectivity index (χ4v) is 3.00. The molecule has 3 rings (SSSR count). The fourth-order valence-electron chi connectivity index (χ4n) is 3.00. The van der Waals surface area contributed by atoms with Crippen molar-refractivity contribution in [3.63, 3.8) is 0 Å². The molecule has 1 aliphatic heterocycles. The minimum atomic E-state index is -1.07. The fraction of sp³-hybridized carbons (Fsp3) is 0.444. The monoisotopic (exact) mass is 326 g/mol. The minimum absolute atomic E-state index is 0.173. The maximum atomic E-state index is 12.8. The molecule has 1 aromatic heterocycles. The summed E-state index contributed by atoms with van der Waals surface area (Å²) in [6.07, 6.45) is 5.35. The Kier molecular flexibility index (Phi) is 4.22. The van der Waals surface area contributed by atoms with Crippen molar-refractivity contribution in [2.24, 2.45) is 5.41 Å². The summed E-state index contributed by atoms with van der Waals surface area (Å²) in [6, 6.07) is 7.85. The van der Waals surface area contributed by atoms with Gasteiger partial charge in [0, 0.05) is 5.69 Å². The van der Waals surface area contributed by atoms with E-state index in [2.05, 4.69) is 17.0 Å². The smallest absolute Gasteiger partial charge is 0.242 e. The van der Waals surface area contributed by atoms with Crippen LogP contribution in [-0.2, 0) is 16.0 Å². The summed E-state index contributed by atoms with van der Waals surface area (Å²) in [4.78, 5) is 31.1. The summed E-state index contributed by atoms with van der Waals surface area (Å²) in [7, 11) is 0. The third-order valence-corrected chi connectivity index (χ3v) is 4.57. The third kappa shape index (κ3) is 2.62. The van der Waals surface area contributed by atoms with Crippen molar-refractivity contribution in [1.82, 2.24) is 14.8 Å². The number of benzene rings is 1. The second kappa shape index (κ2) is 6.19. The number of anilines is 1. The first-order valence-corrected chi connectivity index (χ1v) is 8.28. The lowest BCUT2D eigenvalue weighted by Crippen LogP contribution is -2.34. The van der Waals surface area contributed by atoms with E-state index in [1.54, 1.807) is 13.8 Å². The first-order valence-electron chi connectivity index (χ1n) is 8.28. The van der Waals surface area contributed by atoms with Gasteiger partial charge in [-0.2, -0.15) is 5.10 Å². The van der Waals surface area contributed by atoms with Crippen LogP contribution in [0.3, 0.4) is 0 Å². The van der Waals surface area contributed by atoms with E-state index in [9.17, 15) is 9.59 Å². The molecule has 0 radical (unpaired) electrons. The van der Waals surface area contributed by atoms with Crippen molar-refractivity contribution in [1.29, 1.82) is 0 Å². The highest BCUT2D eigenvalue weighted by Crippen LogP contribution is 2.40. The molecule has 6 nitrogen and oxygen atoms in total. The molecule has 2 aromatic rings. The van der Waals surface area contributed by atoms with Gasteiger partial charge >= 0.3 is 0 Å². The van der Waals surface area contributed by atoms with Crippen LogP contribution in [0.2, 0.25) is 0 Å². The van der Waals surface area contributed by atoms with E-state index in [1.165, 1.54) is 27.8 Å². The molecule has 2 heterocycles. The Morgan fingerprint density at radius 1 is 1.17 bits per heavy atom. The van der Waals surface area contributed by atoms with Crippen molar-refractivity contribution >= 4 is 17.4 Å². The second-order valence-electron chi connectivity index (χ2n) is 6.68. The zero-order valence-corrected chi connectivity index (χ0v) is 14.3. The maximum absolute atomic E-state index is 12.8. The number of aromatic nitrogens is 3. The van der Waals surface area contributed by atoms with Crippen LogP contribution < -0.4 is 4.90 Å². The lowest BCUT2D eigenvalue weighted by molar-refractivity contribution is -0.133. The zero-order chi connectivity index (χ0) is 17.3. The number of rotatable bonds is 5. The van der Waals surface area contributed by atoms with E-state index in [1.807, 2.05) is 24.3 Å². The summed E-state index contributed by atoms with van der Waals surface area (Å²) in [5.74, 6) is -0.387. The Balaban J connectivity index is 1.97. The molecule has 1 amide bonds. The number of Topliss-reactive ketones (excluding diaryl/α,β-unsaturated/α-hetero) is 1. The van der Waals surface area contributed by atoms with Crippen molar-refractivity contribution in [2.45, 2.75) is 46.2 Å². The average molecular weight is 326 g/mol. The highest BCUT2D eigenvalue weighted by Gasteiger charge is 2.54. The van der Waals surface area contributed by atoms with E-state index in [0.717, 1.165) is 19.3 Å². The molecule has 1 saturated heterocycles. The molecule has 0 bridgehead atoms. The standard InChI is InChI=1S/C18H22N4O2/c1-4-5-6-13-7-9-14(10-8-13)22-16(21-12-19-11-20-21)15(23)18(2,3)17(22)24/h7-12,16H,4-6H2,1-3H3. The van der Waals surface area contributed by atoms with Gasteiger partial charge in [0.25, 0.3) is 0 Å². The van der Waals surface area contributed by atoms with Crippen LogP contribution in [0, 0.1) is 5.41 Å². The summed E-state index contributed by atoms with van der Waals surface area (Å²) in [6.45, 7) is 5.49. The number of amides is 1. The van der Waals surface area contributed by atoms with Gasteiger partial charge in [0.15, 0.2) is 11.9 Å². The van der Waals surface area contributed by atoms with Crippen molar-refractivity contribution in [3.05, 3.63) is 42.5 Å².